The molecule has 0 fully saturated rings. The number of nitrogens with zero attached hydrogens (tertiary/aromatic N) is 5. The van der Waals surface area contributed by atoms with E-state index in [4.69, 9.17) is 4.74 Å². The lowest BCUT2D eigenvalue weighted by Gasteiger charge is -2.14. The average molecular weight is 566 g/mol. The summed E-state index contributed by atoms with van der Waals surface area (Å²) in [6, 6.07) is 13.2. The van der Waals surface area contributed by atoms with Crippen LogP contribution in [0.25, 0.3) is 5.69 Å². The average Bonchev–Trinajstić information content (AvgIpc) is 3.53. The summed E-state index contributed by atoms with van der Waals surface area (Å²) in [6.45, 7) is 8.76. The summed E-state index contributed by atoms with van der Waals surface area (Å²) >= 11 is 2.57. The highest BCUT2D eigenvalue weighted by Crippen LogP contribution is 2.26. The molecule has 0 saturated heterocycles. The van der Waals surface area contributed by atoms with Crippen molar-refractivity contribution in [3.05, 3.63) is 70.0 Å². The van der Waals surface area contributed by atoms with Gasteiger partial charge < -0.3 is 10.1 Å². The topological polar surface area (TPSA) is 124 Å². The molecule has 0 radical (unpaired) electrons. The van der Waals surface area contributed by atoms with Gasteiger partial charge in [0, 0.05) is 5.56 Å². The number of aromatic nitrogens is 5. The highest BCUT2D eigenvalue weighted by atomic mass is 32.2. The Morgan fingerprint density at radius 1 is 1.03 bits per heavy atom. The molecule has 2 aromatic carbocycles. The van der Waals surface area contributed by atoms with E-state index < -0.39 is 0 Å². The third kappa shape index (κ3) is 7.64. The van der Waals surface area contributed by atoms with Crippen molar-refractivity contribution >= 4 is 40.0 Å². The number of anilines is 1. The van der Waals surface area contributed by atoms with Crippen LogP contribution in [0.15, 0.2) is 47.6 Å². The Morgan fingerprint density at radius 2 is 1.82 bits per heavy atom. The molecule has 4 rings (SSSR count). The first-order valence-corrected chi connectivity index (χ1v) is 14.4. The van der Waals surface area contributed by atoms with Gasteiger partial charge in [-0.05, 0) is 68.7 Å². The van der Waals surface area contributed by atoms with E-state index in [0.717, 1.165) is 40.4 Å². The lowest BCUT2D eigenvalue weighted by Crippen LogP contribution is -2.24. The summed E-state index contributed by atoms with van der Waals surface area (Å²) in [5.74, 6) is 0.955. The molecule has 0 aliphatic rings. The molecule has 0 aliphatic carbocycles. The third-order valence-corrected chi connectivity index (χ3v) is 7.38. The van der Waals surface area contributed by atoms with Crippen LogP contribution in [0.4, 0.5) is 5.13 Å². The Morgan fingerprint density at radius 3 is 2.54 bits per heavy atom. The first-order chi connectivity index (χ1) is 18.8. The van der Waals surface area contributed by atoms with E-state index in [0.29, 0.717) is 28.3 Å². The molecule has 0 aliphatic heterocycles. The van der Waals surface area contributed by atoms with Crippen molar-refractivity contribution < 1.29 is 14.3 Å². The fraction of sp³-hybridized carbons (Fsp3) is 0.333. The lowest BCUT2D eigenvalue weighted by molar-refractivity contribution is -0.113. The number of thioether (sulfide) groups is 1. The summed E-state index contributed by atoms with van der Waals surface area (Å²) < 4.78 is 7.57. The number of rotatable bonds is 12. The Bertz CT molecular complexity index is 1430. The van der Waals surface area contributed by atoms with Crippen LogP contribution < -0.4 is 15.4 Å². The second-order valence-electron chi connectivity index (χ2n) is 8.90. The van der Waals surface area contributed by atoms with Crippen LogP contribution in [0.2, 0.25) is 0 Å². The van der Waals surface area contributed by atoms with Crippen molar-refractivity contribution in [2.24, 2.45) is 0 Å². The largest absolute Gasteiger partial charge is 0.494 e. The second kappa shape index (κ2) is 13.3. The number of benzene rings is 2. The number of hydrogen-bond acceptors (Lipinski definition) is 9. The number of carbonyl (C=O) groups excluding carboxylic acids is 2. The smallest absolute Gasteiger partial charge is 0.251 e. The highest BCUT2D eigenvalue weighted by molar-refractivity contribution is 7.99. The molecular formula is C27H31N7O3S2. The van der Waals surface area contributed by atoms with E-state index in [1.54, 1.807) is 24.3 Å². The molecule has 2 heterocycles. The van der Waals surface area contributed by atoms with Gasteiger partial charge in [-0.1, -0.05) is 48.6 Å². The zero-order valence-electron chi connectivity index (χ0n) is 22.4. The van der Waals surface area contributed by atoms with Crippen LogP contribution in [0.1, 0.15) is 52.1 Å². The summed E-state index contributed by atoms with van der Waals surface area (Å²) in [5, 5.41) is 24.0. The number of hydrogen-bond donors (Lipinski definition) is 2. The Labute approximate surface area is 235 Å². The number of unbranched alkanes of at least 4 members (excludes halogenated alkanes) is 1. The zero-order valence-corrected chi connectivity index (χ0v) is 24.0. The number of ether oxygens (including phenoxy) is 1. The zero-order chi connectivity index (χ0) is 27.8. The fourth-order valence-electron chi connectivity index (χ4n) is 3.64. The first kappa shape index (κ1) is 28.2. The van der Waals surface area contributed by atoms with Crippen molar-refractivity contribution in [2.45, 2.75) is 52.2 Å². The number of aryl methyl sites for hydroxylation is 3. The molecule has 0 atom stereocenters. The molecule has 0 spiro atoms. The summed E-state index contributed by atoms with van der Waals surface area (Å²) in [7, 11) is 0. The first-order valence-electron chi connectivity index (χ1n) is 12.6. The standard InChI is InChI=1S/C27H31N7O3S2/c1-5-6-13-37-21-11-9-20(10-12-21)25(36)28-15-23-31-33-27(34(23)22-14-17(2)7-8-18(22)3)38-16-24(35)29-26-32-30-19(4)39-26/h7-12,14H,5-6,13,15-16H2,1-4H3,(H,28,36)(H,29,32,35). The maximum Gasteiger partial charge on any atom is 0.251 e. The van der Waals surface area contributed by atoms with Crippen LogP contribution in [-0.2, 0) is 11.3 Å². The van der Waals surface area contributed by atoms with Gasteiger partial charge in [0.15, 0.2) is 11.0 Å². The van der Waals surface area contributed by atoms with Gasteiger partial charge in [-0.2, -0.15) is 0 Å². The van der Waals surface area contributed by atoms with E-state index in [1.165, 1.54) is 23.1 Å². The van der Waals surface area contributed by atoms with E-state index in [-0.39, 0.29) is 24.1 Å². The molecule has 4 aromatic rings. The number of carbonyl (C=O) groups is 2. The van der Waals surface area contributed by atoms with Crippen LogP contribution in [0, 0.1) is 20.8 Å². The minimum absolute atomic E-state index is 0.112. The summed E-state index contributed by atoms with van der Waals surface area (Å²) in [4.78, 5) is 25.4. The SMILES string of the molecule is CCCCOc1ccc(C(=O)NCc2nnc(SCC(=O)Nc3nnc(C)s3)n2-c2cc(C)ccc2C)cc1. The normalized spacial score (nSPS) is 10.9. The predicted octanol–water partition coefficient (Wildman–Crippen LogP) is 4.88. The van der Waals surface area contributed by atoms with Crippen LogP contribution in [0.3, 0.4) is 0 Å². The van der Waals surface area contributed by atoms with Gasteiger partial charge >= 0.3 is 0 Å². The van der Waals surface area contributed by atoms with Crippen LogP contribution in [0.5, 0.6) is 5.75 Å². The molecule has 10 nitrogen and oxygen atoms in total. The molecule has 2 amide bonds. The summed E-state index contributed by atoms with van der Waals surface area (Å²) in [5.41, 5.74) is 3.50. The maximum atomic E-state index is 12.9. The van der Waals surface area contributed by atoms with Gasteiger partial charge in [-0.25, -0.2) is 0 Å². The highest BCUT2D eigenvalue weighted by Gasteiger charge is 2.19. The molecule has 0 unspecified atom stereocenters. The molecule has 0 saturated carbocycles. The second-order valence-corrected chi connectivity index (χ2v) is 11.0. The maximum absolute atomic E-state index is 12.9. The van der Waals surface area contributed by atoms with Gasteiger partial charge in [-0.3, -0.25) is 19.5 Å². The van der Waals surface area contributed by atoms with Crippen molar-refractivity contribution in [1.82, 2.24) is 30.3 Å². The minimum Gasteiger partial charge on any atom is -0.494 e. The van der Waals surface area contributed by atoms with Crippen LogP contribution >= 0.6 is 23.1 Å². The molecule has 2 aromatic heterocycles. The van der Waals surface area contributed by atoms with E-state index >= 15 is 0 Å². The van der Waals surface area contributed by atoms with Crippen molar-refractivity contribution in [3.8, 4) is 11.4 Å². The van der Waals surface area contributed by atoms with Gasteiger partial charge in [-0.15, -0.1) is 20.4 Å². The van der Waals surface area contributed by atoms with E-state index in [1.807, 2.05) is 43.5 Å². The Balaban J connectivity index is 1.48. The van der Waals surface area contributed by atoms with Gasteiger partial charge in [0.25, 0.3) is 5.91 Å². The molecule has 12 heteroatoms. The third-order valence-electron chi connectivity index (χ3n) is 5.70. The van der Waals surface area contributed by atoms with Crippen LogP contribution in [-0.4, -0.2) is 49.1 Å². The van der Waals surface area contributed by atoms with E-state index in [2.05, 4.69) is 38.0 Å². The lowest BCUT2D eigenvalue weighted by atomic mass is 10.1. The Kier molecular flexibility index (Phi) is 9.66. The monoisotopic (exact) mass is 565 g/mol. The molecule has 39 heavy (non-hydrogen) atoms. The number of nitrogens with one attached hydrogen (secondary N) is 2. The molecule has 2 N–H and O–H groups in total. The molecule has 204 valence electrons. The Hall–Kier alpha value is -3.77. The van der Waals surface area contributed by atoms with Crippen molar-refractivity contribution in [1.29, 1.82) is 0 Å². The quantitative estimate of drug-likeness (QED) is 0.184. The molecule has 0 bridgehead atoms. The van der Waals surface area contributed by atoms with Gasteiger partial charge in [0.2, 0.25) is 11.0 Å². The van der Waals surface area contributed by atoms with Crippen molar-refractivity contribution in [2.75, 3.05) is 17.7 Å². The van der Waals surface area contributed by atoms with E-state index in [9.17, 15) is 9.59 Å². The molecular weight excluding hydrogens is 534 g/mol. The summed E-state index contributed by atoms with van der Waals surface area (Å²) in [6.07, 6.45) is 2.04. The predicted molar refractivity (Wildman–Crippen MR) is 153 cm³/mol. The van der Waals surface area contributed by atoms with Crippen molar-refractivity contribution in [3.63, 3.8) is 0 Å². The van der Waals surface area contributed by atoms with Gasteiger partial charge in [0.1, 0.15) is 10.8 Å². The minimum atomic E-state index is -0.230. The fourth-order valence-corrected chi connectivity index (χ4v) is 5.01. The van der Waals surface area contributed by atoms with Gasteiger partial charge in [0.05, 0.1) is 24.6 Å². The number of amides is 2.